The SMILES string of the molecule is CCCOCCCn1nnnc1CNCCOC. The molecule has 0 spiro atoms. The molecule has 0 aliphatic carbocycles. The second kappa shape index (κ2) is 9.93. The summed E-state index contributed by atoms with van der Waals surface area (Å²) in [5.41, 5.74) is 0. The lowest BCUT2D eigenvalue weighted by Gasteiger charge is -2.06. The van der Waals surface area contributed by atoms with Crippen LogP contribution in [0.15, 0.2) is 0 Å². The zero-order chi connectivity index (χ0) is 13.1. The first kappa shape index (κ1) is 15.0. The molecular formula is C11H23N5O2. The van der Waals surface area contributed by atoms with E-state index in [1.54, 1.807) is 7.11 Å². The molecule has 0 bridgehead atoms. The van der Waals surface area contributed by atoms with Gasteiger partial charge in [-0.05, 0) is 23.3 Å². The van der Waals surface area contributed by atoms with E-state index in [-0.39, 0.29) is 0 Å². The monoisotopic (exact) mass is 257 g/mol. The molecule has 0 atom stereocenters. The lowest BCUT2D eigenvalue weighted by atomic mass is 10.4. The normalized spacial score (nSPS) is 11.0. The van der Waals surface area contributed by atoms with Crippen molar-refractivity contribution in [1.82, 2.24) is 25.5 Å². The first-order chi connectivity index (χ1) is 8.88. The third kappa shape index (κ3) is 6.04. The molecule has 0 aliphatic heterocycles. The minimum Gasteiger partial charge on any atom is -0.383 e. The van der Waals surface area contributed by atoms with E-state index >= 15 is 0 Å². The van der Waals surface area contributed by atoms with Crippen molar-refractivity contribution in [1.29, 1.82) is 0 Å². The molecule has 18 heavy (non-hydrogen) atoms. The maximum Gasteiger partial charge on any atom is 0.165 e. The number of nitrogens with one attached hydrogen (secondary N) is 1. The van der Waals surface area contributed by atoms with Gasteiger partial charge in [0.2, 0.25) is 0 Å². The van der Waals surface area contributed by atoms with Crippen LogP contribution in [0.3, 0.4) is 0 Å². The molecular weight excluding hydrogens is 234 g/mol. The fourth-order valence-electron chi connectivity index (χ4n) is 1.46. The van der Waals surface area contributed by atoms with E-state index in [1.807, 2.05) is 4.68 Å². The van der Waals surface area contributed by atoms with Crippen molar-refractivity contribution in [3.8, 4) is 0 Å². The molecule has 104 valence electrons. The van der Waals surface area contributed by atoms with Crippen molar-refractivity contribution in [3.63, 3.8) is 0 Å². The minimum atomic E-state index is 0.659. The third-order valence-corrected chi connectivity index (χ3v) is 2.38. The van der Waals surface area contributed by atoms with Gasteiger partial charge in [0.1, 0.15) is 0 Å². The second-order valence-electron chi connectivity index (χ2n) is 3.95. The average Bonchev–Trinajstić information content (AvgIpc) is 2.82. The van der Waals surface area contributed by atoms with E-state index in [0.29, 0.717) is 13.2 Å². The summed E-state index contributed by atoms with van der Waals surface area (Å²) in [7, 11) is 1.68. The summed E-state index contributed by atoms with van der Waals surface area (Å²) in [5, 5.41) is 14.9. The molecule has 0 saturated heterocycles. The Morgan fingerprint density at radius 1 is 1.28 bits per heavy atom. The van der Waals surface area contributed by atoms with Gasteiger partial charge in [0, 0.05) is 33.4 Å². The fourth-order valence-corrected chi connectivity index (χ4v) is 1.46. The highest BCUT2D eigenvalue weighted by molar-refractivity contribution is 4.79. The van der Waals surface area contributed by atoms with Gasteiger partial charge in [-0.1, -0.05) is 6.92 Å². The van der Waals surface area contributed by atoms with Crippen LogP contribution in [0.25, 0.3) is 0 Å². The van der Waals surface area contributed by atoms with Crippen molar-refractivity contribution in [2.75, 3.05) is 33.5 Å². The number of methoxy groups -OCH3 is 1. The molecule has 0 aliphatic rings. The Balaban J connectivity index is 2.18. The summed E-state index contributed by atoms with van der Waals surface area (Å²) in [6.07, 6.45) is 1.98. The van der Waals surface area contributed by atoms with Crippen molar-refractivity contribution in [2.45, 2.75) is 32.9 Å². The molecule has 1 aromatic heterocycles. The molecule has 0 fully saturated rings. The smallest absolute Gasteiger partial charge is 0.165 e. The number of hydrogen-bond donors (Lipinski definition) is 1. The number of rotatable bonds is 11. The van der Waals surface area contributed by atoms with E-state index in [0.717, 1.165) is 45.0 Å². The van der Waals surface area contributed by atoms with Crippen LogP contribution < -0.4 is 5.32 Å². The van der Waals surface area contributed by atoms with Crippen LogP contribution in [0.1, 0.15) is 25.6 Å². The minimum absolute atomic E-state index is 0.659. The molecule has 1 N–H and O–H groups in total. The molecule has 7 nitrogen and oxygen atoms in total. The van der Waals surface area contributed by atoms with Crippen LogP contribution in [0, 0.1) is 0 Å². The van der Waals surface area contributed by atoms with Crippen molar-refractivity contribution in [2.24, 2.45) is 0 Å². The first-order valence-corrected chi connectivity index (χ1v) is 6.41. The molecule has 0 saturated carbocycles. The van der Waals surface area contributed by atoms with E-state index in [4.69, 9.17) is 9.47 Å². The van der Waals surface area contributed by atoms with Crippen LogP contribution >= 0.6 is 0 Å². The van der Waals surface area contributed by atoms with Gasteiger partial charge in [-0.3, -0.25) is 0 Å². The van der Waals surface area contributed by atoms with Gasteiger partial charge >= 0.3 is 0 Å². The summed E-state index contributed by atoms with van der Waals surface area (Å²) in [5.74, 6) is 0.849. The van der Waals surface area contributed by atoms with Crippen LogP contribution in [0.5, 0.6) is 0 Å². The van der Waals surface area contributed by atoms with Gasteiger partial charge in [0.25, 0.3) is 0 Å². The Kier molecular flexibility index (Phi) is 8.28. The molecule has 1 heterocycles. The van der Waals surface area contributed by atoms with E-state index in [1.165, 1.54) is 0 Å². The van der Waals surface area contributed by atoms with Crippen LogP contribution in [0.4, 0.5) is 0 Å². The molecule has 1 rings (SSSR count). The van der Waals surface area contributed by atoms with Gasteiger partial charge in [0.05, 0.1) is 13.2 Å². The van der Waals surface area contributed by atoms with Crippen molar-refractivity contribution < 1.29 is 9.47 Å². The van der Waals surface area contributed by atoms with Crippen LogP contribution in [0.2, 0.25) is 0 Å². The molecule has 0 amide bonds. The maximum atomic E-state index is 5.42. The van der Waals surface area contributed by atoms with Gasteiger partial charge in [-0.2, -0.15) is 0 Å². The fraction of sp³-hybridized carbons (Fsp3) is 0.909. The summed E-state index contributed by atoms with van der Waals surface area (Å²) >= 11 is 0. The molecule has 0 aromatic carbocycles. The second-order valence-corrected chi connectivity index (χ2v) is 3.95. The van der Waals surface area contributed by atoms with Crippen molar-refractivity contribution in [3.05, 3.63) is 5.82 Å². The summed E-state index contributed by atoms with van der Waals surface area (Å²) in [6, 6.07) is 0. The summed E-state index contributed by atoms with van der Waals surface area (Å²) in [6.45, 7) is 6.61. The number of hydrogen-bond acceptors (Lipinski definition) is 6. The summed E-state index contributed by atoms with van der Waals surface area (Å²) in [4.78, 5) is 0. The van der Waals surface area contributed by atoms with E-state index < -0.39 is 0 Å². The maximum absolute atomic E-state index is 5.42. The van der Waals surface area contributed by atoms with Gasteiger partial charge in [0.15, 0.2) is 5.82 Å². The van der Waals surface area contributed by atoms with Crippen LogP contribution in [-0.2, 0) is 22.6 Å². The Morgan fingerprint density at radius 3 is 2.94 bits per heavy atom. The Bertz CT molecular complexity index is 305. The Hall–Kier alpha value is -1.05. The predicted molar refractivity (Wildman–Crippen MR) is 67.1 cm³/mol. The molecule has 0 radical (unpaired) electrons. The average molecular weight is 257 g/mol. The highest BCUT2D eigenvalue weighted by Crippen LogP contribution is 1.95. The molecule has 1 aromatic rings. The van der Waals surface area contributed by atoms with E-state index in [9.17, 15) is 0 Å². The topological polar surface area (TPSA) is 74.1 Å². The number of nitrogens with zero attached hydrogens (tertiary/aromatic N) is 4. The number of aryl methyl sites for hydroxylation is 1. The number of tetrazole rings is 1. The highest BCUT2D eigenvalue weighted by Gasteiger charge is 2.04. The van der Waals surface area contributed by atoms with Crippen LogP contribution in [-0.4, -0.2) is 53.7 Å². The zero-order valence-corrected chi connectivity index (χ0v) is 11.3. The Labute approximate surface area is 108 Å². The lowest BCUT2D eigenvalue weighted by molar-refractivity contribution is 0.128. The lowest BCUT2D eigenvalue weighted by Crippen LogP contribution is -2.21. The van der Waals surface area contributed by atoms with Gasteiger partial charge in [-0.15, -0.1) is 5.10 Å². The largest absolute Gasteiger partial charge is 0.383 e. The zero-order valence-electron chi connectivity index (χ0n) is 11.3. The van der Waals surface area contributed by atoms with E-state index in [2.05, 4.69) is 27.8 Å². The van der Waals surface area contributed by atoms with Gasteiger partial charge in [-0.25, -0.2) is 4.68 Å². The third-order valence-electron chi connectivity index (χ3n) is 2.38. The van der Waals surface area contributed by atoms with Crippen molar-refractivity contribution >= 4 is 0 Å². The molecule has 0 unspecified atom stereocenters. The summed E-state index contributed by atoms with van der Waals surface area (Å²) < 4.78 is 12.2. The predicted octanol–water partition coefficient (Wildman–Crippen LogP) is 0.226. The van der Waals surface area contributed by atoms with Gasteiger partial charge < -0.3 is 14.8 Å². The first-order valence-electron chi connectivity index (χ1n) is 6.41. The number of ether oxygens (including phenoxy) is 2. The standard InChI is InChI=1S/C11H23N5O2/c1-3-7-18-8-4-6-16-11(13-14-15-16)10-12-5-9-17-2/h12H,3-10H2,1-2H3. The quantitative estimate of drug-likeness (QED) is 0.572. The Morgan fingerprint density at radius 2 is 2.17 bits per heavy atom. The number of aromatic nitrogens is 4. The molecule has 7 heteroatoms. The highest BCUT2D eigenvalue weighted by atomic mass is 16.5.